The molecule has 0 bridgehead atoms. The van der Waals surface area contributed by atoms with E-state index >= 15 is 0 Å². The summed E-state index contributed by atoms with van der Waals surface area (Å²) in [5.41, 5.74) is 1.78. The lowest BCUT2D eigenvalue weighted by Crippen LogP contribution is -2.32. The highest BCUT2D eigenvalue weighted by atomic mass is 16.2. The maximum atomic E-state index is 12.5. The molecule has 1 N–H and O–H groups in total. The molecule has 5 heteroatoms. The number of hydrogen-bond donors (Lipinski definition) is 1. The summed E-state index contributed by atoms with van der Waals surface area (Å²) in [6.07, 6.45) is 3.17. The third-order valence-corrected chi connectivity index (χ3v) is 3.79. The van der Waals surface area contributed by atoms with Gasteiger partial charge in [0.15, 0.2) is 0 Å². The van der Waals surface area contributed by atoms with E-state index in [-0.39, 0.29) is 18.0 Å². The van der Waals surface area contributed by atoms with Gasteiger partial charge in [-0.2, -0.15) is 0 Å². The van der Waals surface area contributed by atoms with E-state index in [4.69, 9.17) is 0 Å². The Kier molecular flexibility index (Phi) is 4.19. The second-order valence-electron chi connectivity index (χ2n) is 5.27. The molecule has 0 atom stereocenters. The van der Waals surface area contributed by atoms with Crippen molar-refractivity contribution in [3.05, 3.63) is 76.3 Å². The number of carbonyl (C=O) groups is 1. The Morgan fingerprint density at radius 1 is 1.17 bits per heavy atom. The molecule has 0 aliphatic heterocycles. The Morgan fingerprint density at radius 2 is 1.91 bits per heavy atom. The lowest BCUT2D eigenvalue weighted by atomic mass is 10.1. The van der Waals surface area contributed by atoms with Gasteiger partial charge in [0.2, 0.25) is 0 Å². The van der Waals surface area contributed by atoms with E-state index in [0.29, 0.717) is 17.7 Å². The molecule has 1 aromatic carbocycles. The molecule has 1 amide bonds. The second-order valence-corrected chi connectivity index (χ2v) is 5.27. The lowest BCUT2D eigenvalue weighted by molar-refractivity contribution is 0.0752. The number of hydrogen-bond acceptors (Lipinski definition) is 3. The van der Waals surface area contributed by atoms with Gasteiger partial charge in [-0.3, -0.25) is 14.6 Å². The Hall–Kier alpha value is -2.95. The Morgan fingerprint density at radius 3 is 2.65 bits per heavy atom. The highest BCUT2D eigenvalue weighted by Crippen LogP contribution is 2.13. The van der Waals surface area contributed by atoms with Crippen molar-refractivity contribution in [1.29, 1.82) is 0 Å². The number of benzene rings is 1. The molecule has 2 heterocycles. The van der Waals surface area contributed by atoms with Crippen LogP contribution in [-0.2, 0) is 6.54 Å². The van der Waals surface area contributed by atoms with Crippen LogP contribution in [0.5, 0.6) is 0 Å². The van der Waals surface area contributed by atoms with Crippen molar-refractivity contribution in [1.82, 2.24) is 14.9 Å². The predicted molar refractivity (Wildman–Crippen MR) is 89.2 cm³/mol. The zero-order valence-corrected chi connectivity index (χ0v) is 12.8. The summed E-state index contributed by atoms with van der Waals surface area (Å²) < 4.78 is 0. The number of carbonyl (C=O) groups excluding carboxylic acids is 1. The van der Waals surface area contributed by atoms with E-state index in [1.54, 1.807) is 29.4 Å². The van der Waals surface area contributed by atoms with Crippen molar-refractivity contribution in [3.8, 4) is 0 Å². The average Bonchev–Trinajstić information content (AvgIpc) is 2.60. The fourth-order valence-corrected chi connectivity index (χ4v) is 2.52. The number of aromatic nitrogens is 2. The first-order chi connectivity index (χ1) is 11.2. The third-order valence-electron chi connectivity index (χ3n) is 3.79. The smallest absolute Gasteiger partial charge is 0.254 e. The number of fused-ring (bicyclic) bond motifs is 1. The van der Waals surface area contributed by atoms with Crippen LogP contribution in [-0.4, -0.2) is 27.3 Å². The number of amides is 1. The zero-order valence-electron chi connectivity index (χ0n) is 12.8. The molecular weight excluding hydrogens is 290 g/mol. The van der Waals surface area contributed by atoms with Gasteiger partial charge in [0.1, 0.15) is 0 Å². The molecule has 0 spiro atoms. The molecule has 0 unspecified atom stereocenters. The third kappa shape index (κ3) is 3.13. The quantitative estimate of drug-likeness (QED) is 0.805. The summed E-state index contributed by atoms with van der Waals surface area (Å²) in [6, 6.07) is 12.8. The van der Waals surface area contributed by atoms with Crippen LogP contribution in [0, 0.1) is 0 Å². The first-order valence-corrected chi connectivity index (χ1v) is 7.49. The lowest BCUT2D eigenvalue weighted by Gasteiger charge is -2.20. The van der Waals surface area contributed by atoms with Gasteiger partial charge >= 0.3 is 0 Å². The van der Waals surface area contributed by atoms with Gasteiger partial charge in [0, 0.05) is 35.6 Å². The summed E-state index contributed by atoms with van der Waals surface area (Å²) in [5.74, 6) is -0.109. The van der Waals surface area contributed by atoms with Crippen LogP contribution >= 0.6 is 0 Å². The largest absolute Gasteiger partial charge is 0.334 e. The normalized spacial score (nSPS) is 10.7. The number of pyridine rings is 2. The molecule has 116 valence electrons. The topological polar surface area (TPSA) is 66.1 Å². The second kappa shape index (κ2) is 6.44. The van der Waals surface area contributed by atoms with Crippen molar-refractivity contribution < 1.29 is 4.79 Å². The van der Waals surface area contributed by atoms with Gasteiger partial charge in [0.25, 0.3) is 11.5 Å². The predicted octanol–water partition coefficient (Wildman–Crippen LogP) is 2.59. The standard InChI is InChI=1S/C18H17N3O2/c1-2-21(18(23)13-7-9-19-10-8-13)12-15-11-14-5-3-4-6-16(14)20-17(15)22/h3-11H,2,12H2,1H3,(H,20,22). The minimum absolute atomic E-state index is 0.109. The summed E-state index contributed by atoms with van der Waals surface area (Å²) in [4.78, 5) is 33.2. The first kappa shape index (κ1) is 15.0. The Balaban J connectivity index is 1.91. The molecule has 3 aromatic rings. The molecule has 5 nitrogen and oxygen atoms in total. The van der Waals surface area contributed by atoms with E-state index < -0.39 is 0 Å². The van der Waals surface area contributed by atoms with E-state index in [2.05, 4.69) is 9.97 Å². The Labute approximate surface area is 133 Å². The van der Waals surface area contributed by atoms with Crippen LogP contribution in [0.1, 0.15) is 22.8 Å². The van der Waals surface area contributed by atoms with Crippen molar-refractivity contribution in [2.24, 2.45) is 0 Å². The van der Waals surface area contributed by atoms with E-state index in [1.165, 1.54) is 0 Å². The van der Waals surface area contributed by atoms with Crippen molar-refractivity contribution in [3.63, 3.8) is 0 Å². The van der Waals surface area contributed by atoms with Gasteiger partial charge < -0.3 is 9.88 Å². The van der Waals surface area contributed by atoms with Crippen LogP contribution in [0.25, 0.3) is 10.9 Å². The molecule has 0 aliphatic carbocycles. The molecule has 23 heavy (non-hydrogen) atoms. The van der Waals surface area contributed by atoms with Crippen molar-refractivity contribution >= 4 is 16.8 Å². The van der Waals surface area contributed by atoms with Gasteiger partial charge in [-0.05, 0) is 36.6 Å². The number of para-hydroxylation sites is 1. The highest BCUT2D eigenvalue weighted by molar-refractivity contribution is 5.94. The van der Waals surface area contributed by atoms with Gasteiger partial charge in [-0.25, -0.2) is 0 Å². The molecule has 0 saturated carbocycles. The molecule has 3 rings (SSSR count). The van der Waals surface area contributed by atoms with E-state index in [1.807, 2.05) is 37.3 Å². The fourth-order valence-electron chi connectivity index (χ4n) is 2.52. The molecule has 0 saturated heterocycles. The SMILES string of the molecule is CCN(Cc1cc2ccccc2[nH]c1=O)C(=O)c1ccncc1. The van der Waals surface area contributed by atoms with Crippen LogP contribution in [0.2, 0.25) is 0 Å². The Bertz CT molecular complexity index is 887. The number of nitrogens with one attached hydrogen (secondary N) is 1. The van der Waals surface area contributed by atoms with E-state index in [9.17, 15) is 9.59 Å². The number of H-pyrrole nitrogens is 1. The number of nitrogens with zero attached hydrogens (tertiary/aromatic N) is 2. The summed E-state index contributed by atoms with van der Waals surface area (Å²) in [7, 11) is 0. The van der Waals surface area contributed by atoms with Crippen molar-refractivity contribution in [2.75, 3.05) is 6.54 Å². The van der Waals surface area contributed by atoms with Gasteiger partial charge in [-0.1, -0.05) is 18.2 Å². The number of aromatic amines is 1. The minimum Gasteiger partial charge on any atom is -0.334 e. The first-order valence-electron chi connectivity index (χ1n) is 7.49. The summed E-state index contributed by atoms with van der Waals surface area (Å²) >= 11 is 0. The van der Waals surface area contributed by atoms with Crippen LogP contribution in [0.15, 0.2) is 59.7 Å². The molecule has 0 aliphatic rings. The number of rotatable bonds is 4. The summed E-state index contributed by atoms with van der Waals surface area (Å²) in [6.45, 7) is 2.69. The summed E-state index contributed by atoms with van der Waals surface area (Å²) in [5, 5.41) is 0.953. The van der Waals surface area contributed by atoms with Gasteiger partial charge in [-0.15, -0.1) is 0 Å². The molecular formula is C18H17N3O2. The van der Waals surface area contributed by atoms with Gasteiger partial charge in [0.05, 0.1) is 6.54 Å². The van der Waals surface area contributed by atoms with Crippen LogP contribution in [0.4, 0.5) is 0 Å². The maximum Gasteiger partial charge on any atom is 0.254 e. The minimum atomic E-state index is -0.162. The molecule has 0 radical (unpaired) electrons. The zero-order chi connectivity index (χ0) is 16.2. The highest BCUT2D eigenvalue weighted by Gasteiger charge is 2.16. The van der Waals surface area contributed by atoms with Crippen LogP contribution in [0.3, 0.4) is 0 Å². The monoisotopic (exact) mass is 307 g/mol. The van der Waals surface area contributed by atoms with E-state index in [0.717, 1.165) is 10.9 Å². The maximum absolute atomic E-state index is 12.5. The molecule has 0 fully saturated rings. The fraction of sp³-hybridized carbons (Fsp3) is 0.167. The van der Waals surface area contributed by atoms with Crippen LogP contribution < -0.4 is 5.56 Å². The average molecular weight is 307 g/mol. The molecule has 2 aromatic heterocycles. The van der Waals surface area contributed by atoms with Crippen molar-refractivity contribution in [2.45, 2.75) is 13.5 Å².